The highest BCUT2D eigenvalue weighted by Gasteiger charge is 2.33. The molecule has 0 N–H and O–H groups in total. The fraction of sp³-hybridized carbons (Fsp3) is 0.800. The standard InChI is InChI=1S/C10H18/c1-4-9-7-10(9)6-5-8(2)3/h5,9-10H,4,6-7H2,1-3H3. The van der Waals surface area contributed by atoms with E-state index in [9.17, 15) is 0 Å². The van der Waals surface area contributed by atoms with Crippen LogP contribution in [-0.2, 0) is 0 Å². The lowest BCUT2D eigenvalue weighted by molar-refractivity contribution is 0.686. The quantitative estimate of drug-likeness (QED) is 0.524. The molecular weight excluding hydrogens is 120 g/mol. The van der Waals surface area contributed by atoms with E-state index >= 15 is 0 Å². The fourth-order valence-corrected chi connectivity index (χ4v) is 1.49. The van der Waals surface area contributed by atoms with Crippen molar-refractivity contribution >= 4 is 0 Å². The van der Waals surface area contributed by atoms with Gasteiger partial charge >= 0.3 is 0 Å². The van der Waals surface area contributed by atoms with E-state index in [1.54, 1.807) is 0 Å². The van der Waals surface area contributed by atoms with Gasteiger partial charge in [0.1, 0.15) is 0 Å². The minimum atomic E-state index is 1.04. The first kappa shape index (κ1) is 7.84. The maximum atomic E-state index is 2.38. The van der Waals surface area contributed by atoms with Gasteiger partial charge in [-0.3, -0.25) is 0 Å². The molecule has 2 unspecified atom stereocenters. The Morgan fingerprint density at radius 3 is 2.50 bits per heavy atom. The molecule has 0 aromatic carbocycles. The van der Waals surface area contributed by atoms with Crippen molar-refractivity contribution in [2.75, 3.05) is 0 Å². The smallest absolute Gasteiger partial charge is 0.0317 e. The van der Waals surface area contributed by atoms with E-state index in [0.29, 0.717) is 0 Å². The van der Waals surface area contributed by atoms with Crippen molar-refractivity contribution in [1.29, 1.82) is 0 Å². The highest BCUT2D eigenvalue weighted by Crippen LogP contribution is 2.43. The van der Waals surface area contributed by atoms with E-state index < -0.39 is 0 Å². The van der Waals surface area contributed by atoms with E-state index in [0.717, 1.165) is 11.8 Å². The van der Waals surface area contributed by atoms with Gasteiger partial charge in [-0.05, 0) is 38.5 Å². The zero-order valence-electron chi connectivity index (χ0n) is 7.35. The summed E-state index contributed by atoms with van der Waals surface area (Å²) in [5.74, 6) is 2.11. The molecule has 1 saturated carbocycles. The minimum Gasteiger partial charge on any atom is -0.0856 e. The third-order valence-corrected chi connectivity index (χ3v) is 2.42. The van der Waals surface area contributed by atoms with E-state index in [4.69, 9.17) is 0 Å². The lowest BCUT2D eigenvalue weighted by Crippen LogP contribution is -1.78. The summed E-state index contributed by atoms with van der Waals surface area (Å²) in [7, 11) is 0. The topological polar surface area (TPSA) is 0 Å². The largest absolute Gasteiger partial charge is 0.0856 e. The van der Waals surface area contributed by atoms with E-state index in [2.05, 4.69) is 26.8 Å². The molecule has 0 heteroatoms. The highest BCUT2D eigenvalue weighted by molar-refractivity contribution is 4.98. The van der Waals surface area contributed by atoms with Crippen LogP contribution in [-0.4, -0.2) is 0 Å². The molecule has 10 heavy (non-hydrogen) atoms. The summed E-state index contributed by atoms with van der Waals surface area (Å²) >= 11 is 0. The molecule has 0 amide bonds. The number of hydrogen-bond acceptors (Lipinski definition) is 0. The SMILES string of the molecule is CCC1CC1CC=C(C)C. The molecule has 0 aromatic rings. The van der Waals surface area contributed by atoms with Gasteiger partial charge in [0.05, 0.1) is 0 Å². The van der Waals surface area contributed by atoms with Crippen LogP contribution >= 0.6 is 0 Å². The Kier molecular flexibility index (Phi) is 2.53. The summed E-state index contributed by atoms with van der Waals surface area (Å²) in [5.41, 5.74) is 1.47. The Hall–Kier alpha value is -0.260. The summed E-state index contributed by atoms with van der Waals surface area (Å²) in [6.45, 7) is 6.67. The van der Waals surface area contributed by atoms with Gasteiger partial charge in [0.25, 0.3) is 0 Å². The highest BCUT2D eigenvalue weighted by atomic mass is 14.4. The first-order chi connectivity index (χ1) is 4.74. The minimum absolute atomic E-state index is 1.04. The van der Waals surface area contributed by atoms with E-state index in [1.807, 2.05) is 0 Å². The molecule has 2 atom stereocenters. The molecule has 0 radical (unpaired) electrons. The first-order valence-corrected chi connectivity index (χ1v) is 4.37. The van der Waals surface area contributed by atoms with Gasteiger partial charge < -0.3 is 0 Å². The third kappa shape index (κ3) is 2.17. The Morgan fingerprint density at radius 2 is 2.10 bits per heavy atom. The summed E-state index contributed by atoms with van der Waals surface area (Å²) in [5, 5.41) is 0. The molecule has 0 spiro atoms. The van der Waals surface area contributed by atoms with Crippen molar-refractivity contribution < 1.29 is 0 Å². The van der Waals surface area contributed by atoms with Crippen LogP contribution < -0.4 is 0 Å². The van der Waals surface area contributed by atoms with Gasteiger partial charge in [-0.2, -0.15) is 0 Å². The molecule has 0 saturated heterocycles. The van der Waals surface area contributed by atoms with Crippen LogP contribution in [0.2, 0.25) is 0 Å². The van der Waals surface area contributed by atoms with Crippen molar-refractivity contribution in [3.05, 3.63) is 11.6 Å². The van der Waals surface area contributed by atoms with Gasteiger partial charge in [-0.1, -0.05) is 25.0 Å². The van der Waals surface area contributed by atoms with E-state index in [-0.39, 0.29) is 0 Å². The molecule has 0 heterocycles. The van der Waals surface area contributed by atoms with Crippen LogP contribution in [0.4, 0.5) is 0 Å². The van der Waals surface area contributed by atoms with Crippen LogP contribution in [0.1, 0.15) is 40.0 Å². The van der Waals surface area contributed by atoms with E-state index in [1.165, 1.54) is 24.8 Å². The van der Waals surface area contributed by atoms with Crippen molar-refractivity contribution in [2.24, 2.45) is 11.8 Å². The van der Waals surface area contributed by atoms with Gasteiger partial charge in [-0.25, -0.2) is 0 Å². The van der Waals surface area contributed by atoms with Crippen molar-refractivity contribution in [1.82, 2.24) is 0 Å². The Bertz CT molecular complexity index is 129. The molecule has 0 aromatic heterocycles. The average molecular weight is 138 g/mol. The Labute approximate surface area is 64.3 Å². The maximum absolute atomic E-state index is 2.38. The fourth-order valence-electron chi connectivity index (χ4n) is 1.49. The zero-order valence-corrected chi connectivity index (χ0v) is 7.35. The van der Waals surface area contributed by atoms with Gasteiger partial charge in [0.2, 0.25) is 0 Å². The second kappa shape index (κ2) is 3.23. The Balaban J connectivity index is 2.12. The molecule has 58 valence electrons. The molecule has 1 rings (SSSR count). The summed E-state index contributed by atoms with van der Waals surface area (Å²) < 4.78 is 0. The van der Waals surface area contributed by atoms with Gasteiger partial charge in [0, 0.05) is 0 Å². The van der Waals surface area contributed by atoms with Crippen molar-refractivity contribution in [3.63, 3.8) is 0 Å². The second-order valence-corrected chi connectivity index (χ2v) is 3.68. The first-order valence-electron chi connectivity index (χ1n) is 4.37. The van der Waals surface area contributed by atoms with Crippen molar-refractivity contribution in [2.45, 2.75) is 40.0 Å². The van der Waals surface area contributed by atoms with Gasteiger partial charge in [-0.15, -0.1) is 0 Å². The van der Waals surface area contributed by atoms with Crippen LogP contribution in [0.25, 0.3) is 0 Å². The molecular formula is C10H18. The number of rotatable bonds is 3. The number of hydrogen-bond donors (Lipinski definition) is 0. The molecule has 0 bridgehead atoms. The Morgan fingerprint density at radius 1 is 1.40 bits per heavy atom. The van der Waals surface area contributed by atoms with Crippen LogP contribution in [0.3, 0.4) is 0 Å². The third-order valence-electron chi connectivity index (χ3n) is 2.42. The van der Waals surface area contributed by atoms with Crippen molar-refractivity contribution in [3.8, 4) is 0 Å². The number of allylic oxidation sites excluding steroid dienone is 2. The predicted molar refractivity (Wildman–Crippen MR) is 45.9 cm³/mol. The average Bonchev–Trinajstić information content (AvgIpc) is 2.61. The van der Waals surface area contributed by atoms with Crippen LogP contribution in [0.15, 0.2) is 11.6 Å². The van der Waals surface area contributed by atoms with Crippen LogP contribution in [0, 0.1) is 11.8 Å². The molecule has 0 aliphatic heterocycles. The summed E-state index contributed by atoms with van der Waals surface area (Å²) in [6.07, 6.45) is 6.59. The normalized spacial score (nSPS) is 29.9. The monoisotopic (exact) mass is 138 g/mol. The second-order valence-electron chi connectivity index (χ2n) is 3.68. The maximum Gasteiger partial charge on any atom is -0.0317 e. The van der Waals surface area contributed by atoms with Gasteiger partial charge in [0.15, 0.2) is 0 Å². The molecule has 0 nitrogen and oxygen atoms in total. The molecule has 1 fully saturated rings. The molecule has 1 aliphatic rings. The zero-order chi connectivity index (χ0) is 7.56. The summed E-state index contributed by atoms with van der Waals surface area (Å²) in [6, 6.07) is 0. The lowest BCUT2D eigenvalue weighted by Gasteiger charge is -1.91. The predicted octanol–water partition coefficient (Wildman–Crippen LogP) is 3.39. The molecule has 1 aliphatic carbocycles. The summed E-state index contributed by atoms with van der Waals surface area (Å²) in [4.78, 5) is 0. The lowest BCUT2D eigenvalue weighted by atomic mass is 10.1. The van der Waals surface area contributed by atoms with Crippen LogP contribution in [0.5, 0.6) is 0 Å².